The van der Waals surface area contributed by atoms with Gasteiger partial charge in [0.2, 0.25) is 0 Å². The minimum atomic E-state index is -0.666. The predicted molar refractivity (Wildman–Crippen MR) is 71.4 cm³/mol. The van der Waals surface area contributed by atoms with E-state index in [0.29, 0.717) is 17.6 Å². The number of halogens is 1. The van der Waals surface area contributed by atoms with Gasteiger partial charge in [-0.25, -0.2) is 4.79 Å². The summed E-state index contributed by atoms with van der Waals surface area (Å²) in [6, 6.07) is 5.18. The van der Waals surface area contributed by atoms with Crippen LogP contribution in [0, 0.1) is 0 Å². The molecule has 0 N–H and O–H groups in total. The summed E-state index contributed by atoms with van der Waals surface area (Å²) in [7, 11) is 0. The van der Waals surface area contributed by atoms with Crippen LogP contribution in [0.2, 0.25) is 0 Å². The van der Waals surface area contributed by atoms with Crippen LogP contribution in [0.1, 0.15) is 24.2 Å². The number of fused-ring (bicyclic) bond motifs is 1. The molecule has 94 valence electrons. The number of rotatable bonds is 3. The molecule has 4 nitrogen and oxygen atoms in total. The van der Waals surface area contributed by atoms with Crippen molar-refractivity contribution in [2.75, 3.05) is 6.61 Å². The van der Waals surface area contributed by atoms with E-state index in [1.54, 1.807) is 25.1 Å². The van der Waals surface area contributed by atoms with Gasteiger partial charge in [0, 0.05) is 4.47 Å². The number of benzene rings is 1. The molecule has 0 amide bonds. The number of Topliss-reactive ketones (excluding diaryl/α,β-unsaturated/α-hetero) is 1. The standard InChI is InChI=1S/C13H11BrO4/c1-3-17-12-9-6-8(14)4-5-10(9)18-13(16)11(12)7(2)15/h4-6H,3H2,1-2H3. The number of carbonyl (C=O) groups is 1. The summed E-state index contributed by atoms with van der Waals surface area (Å²) >= 11 is 3.34. The van der Waals surface area contributed by atoms with Gasteiger partial charge in [-0.3, -0.25) is 4.79 Å². The van der Waals surface area contributed by atoms with Crippen molar-refractivity contribution in [3.8, 4) is 5.75 Å². The highest BCUT2D eigenvalue weighted by Crippen LogP contribution is 2.30. The molecule has 0 saturated heterocycles. The Morgan fingerprint density at radius 1 is 1.44 bits per heavy atom. The normalized spacial score (nSPS) is 10.6. The van der Waals surface area contributed by atoms with Crippen molar-refractivity contribution in [2.24, 2.45) is 0 Å². The first-order valence-corrected chi connectivity index (χ1v) is 6.24. The summed E-state index contributed by atoms with van der Waals surface area (Å²) in [5.74, 6) is -0.0772. The topological polar surface area (TPSA) is 56.5 Å². The Hall–Kier alpha value is -1.62. The van der Waals surface area contributed by atoms with E-state index in [4.69, 9.17) is 9.15 Å². The van der Waals surface area contributed by atoms with Crippen LogP contribution in [0.25, 0.3) is 11.0 Å². The van der Waals surface area contributed by atoms with Gasteiger partial charge in [-0.05, 0) is 32.0 Å². The van der Waals surface area contributed by atoms with Crippen LogP contribution in [0.4, 0.5) is 0 Å². The maximum atomic E-state index is 11.8. The minimum absolute atomic E-state index is 0.0394. The van der Waals surface area contributed by atoms with Crippen LogP contribution in [-0.4, -0.2) is 12.4 Å². The summed E-state index contributed by atoms with van der Waals surface area (Å²) in [5.41, 5.74) is -0.306. The highest BCUT2D eigenvalue weighted by atomic mass is 79.9. The number of hydrogen-bond donors (Lipinski definition) is 0. The Labute approximate surface area is 112 Å². The number of ketones is 1. The van der Waals surface area contributed by atoms with Crippen molar-refractivity contribution in [2.45, 2.75) is 13.8 Å². The highest BCUT2D eigenvalue weighted by Gasteiger charge is 2.19. The molecule has 0 fully saturated rings. The van der Waals surface area contributed by atoms with Gasteiger partial charge in [-0.2, -0.15) is 0 Å². The van der Waals surface area contributed by atoms with Crippen molar-refractivity contribution in [3.63, 3.8) is 0 Å². The second-order valence-electron chi connectivity index (χ2n) is 3.72. The molecule has 1 heterocycles. The molecule has 2 rings (SSSR count). The Kier molecular flexibility index (Phi) is 3.52. The van der Waals surface area contributed by atoms with Crippen molar-refractivity contribution in [1.29, 1.82) is 0 Å². The van der Waals surface area contributed by atoms with E-state index < -0.39 is 5.63 Å². The van der Waals surface area contributed by atoms with Crippen molar-refractivity contribution >= 4 is 32.7 Å². The monoisotopic (exact) mass is 310 g/mol. The lowest BCUT2D eigenvalue weighted by molar-refractivity contribution is 0.101. The van der Waals surface area contributed by atoms with Gasteiger partial charge in [0.15, 0.2) is 5.78 Å². The molecule has 0 radical (unpaired) electrons. The second-order valence-corrected chi connectivity index (χ2v) is 4.64. The van der Waals surface area contributed by atoms with Gasteiger partial charge >= 0.3 is 5.63 Å². The highest BCUT2D eigenvalue weighted by molar-refractivity contribution is 9.10. The van der Waals surface area contributed by atoms with Crippen molar-refractivity contribution in [1.82, 2.24) is 0 Å². The number of hydrogen-bond acceptors (Lipinski definition) is 4. The fourth-order valence-corrected chi connectivity index (χ4v) is 2.11. The van der Waals surface area contributed by atoms with Crippen LogP contribution in [0.5, 0.6) is 5.75 Å². The summed E-state index contributed by atoms with van der Waals surface area (Å²) in [5, 5.41) is 0.607. The summed E-state index contributed by atoms with van der Waals surface area (Å²) in [6.07, 6.45) is 0. The molecule has 0 aliphatic carbocycles. The van der Waals surface area contributed by atoms with Crippen LogP contribution in [0.3, 0.4) is 0 Å². The third kappa shape index (κ3) is 2.18. The molecule has 0 bridgehead atoms. The first-order chi connectivity index (χ1) is 8.54. The van der Waals surface area contributed by atoms with Gasteiger partial charge in [-0.1, -0.05) is 15.9 Å². The van der Waals surface area contributed by atoms with E-state index >= 15 is 0 Å². The Morgan fingerprint density at radius 2 is 2.17 bits per heavy atom. The first-order valence-electron chi connectivity index (χ1n) is 5.44. The largest absolute Gasteiger partial charge is 0.492 e. The van der Waals surface area contributed by atoms with Crippen LogP contribution >= 0.6 is 15.9 Å². The molecule has 0 aliphatic heterocycles. The van der Waals surface area contributed by atoms with E-state index in [1.165, 1.54) is 6.92 Å². The zero-order valence-electron chi connectivity index (χ0n) is 9.95. The van der Waals surface area contributed by atoms with Gasteiger partial charge in [0.05, 0.1) is 12.0 Å². The van der Waals surface area contributed by atoms with E-state index in [2.05, 4.69) is 15.9 Å². The van der Waals surface area contributed by atoms with Crippen LogP contribution in [0.15, 0.2) is 31.9 Å². The number of carbonyl (C=O) groups excluding carboxylic acids is 1. The molecule has 0 spiro atoms. The van der Waals surface area contributed by atoms with Gasteiger partial charge in [0.1, 0.15) is 16.9 Å². The summed E-state index contributed by atoms with van der Waals surface area (Å²) in [4.78, 5) is 23.3. The number of ether oxygens (including phenoxy) is 1. The van der Waals surface area contributed by atoms with E-state index in [-0.39, 0.29) is 17.1 Å². The lowest BCUT2D eigenvalue weighted by Gasteiger charge is -2.10. The molecule has 1 aromatic heterocycles. The fourth-order valence-electron chi connectivity index (χ4n) is 1.74. The minimum Gasteiger partial charge on any atom is -0.492 e. The smallest absolute Gasteiger partial charge is 0.351 e. The molecule has 1 aromatic carbocycles. The van der Waals surface area contributed by atoms with Crippen LogP contribution in [-0.2, 0) is 0 Å². The maximum absolute atomic E-state index is 11.8. The van der Waals surface area contributed by atoms with Gasteiger partial charge in [0.25, 0.3) is 0 Å². The Morgan fingerprint density at radius 3 is 2.78 bits per heavy atom. The molecule has 0 unspecified atom stereocenters. The lowest BCUT2D eigenvalue weighted by atomic mass is 10.1. The lowest BCUT2D eigenvalue weighted by Crippen LogP contribution is -2.14. The predicted octanol–water partition coefficient (Wildman–Crippen LogP) is 3.16. The van der Waals surface area contributed by atoms with E-state index in [0.717, 1.165) is 4.47 Å². The molecule has 0 atom stereocenters. The molecule has 2 aromatic rings. The molecule has 5 heteroatoms. The summed E-state index contributed by atoms with van der Waals surface area (Å²) in [6.45, 7) is 3.48. The molecular formula is C13H11BrO4. The summed E-state index contributed by atoms with van der Waals surface area (Å²) < 4.78 is 11.4. The van der Waals surface area contributed by atoms with E-state index in [9.17, 15) is 9.59 Å². The maximum Gasteiger partial charge on any atom is 0.351 e. The average Bonchev–Trinajstić information content (AvgIpc) is 2.30. The first kappa shape index (κ1) is 12.8. The third-order valence-corrected chi connectivity index (χ3v) is 2.95. The van der Waals surface area contributed by atoms with Gasteiger partial charge in [-0.15, -0.1) is 0 Å². The quantitative estimate of drug-likeness (QED) is 0.645. The molecular weight excluding hydrogens is 300 g/mol. The third-order valence-electron chi connectivity index (χ3n) is 2.46. The SMILES string of the molecule is CCOc1c(C(C)=O)c(=O)oc2ccc(Br)cc12. The molecule has 0 saturated carbocycles. The average molecular weight is 311 g/mol. The van der Waals surface area contributed by atoms with Crippen molar-refractivity contribution in [3.05, 3.63) is 38.7 Å². The molecule has 0 aliphatic rings. The van der Waals surface area contributed by atoms with E-state index in [1.807, 2.05) is 0 Å². The van der Waals surface area contributed by atoms with Crippen molar-refractivity contribution < 1.29 is 13.9 Å². The molecule has 18 heavy (non-hydrogen) atoms. The van der Waals surface area contributed by atoms with Crippen LogP contribution < -0.4 is 10.4 Å². The Balaban J connectivity index is 2.91. The van der Waals surface area contributed by atoms with Gasteiger partial charge < -0.3 is 9.15 Å². The zero-order valence-corrected chi connectivity index (χ0v) is 11.5. The Bertz CT molecular complexity index is 672. The second kappa shape index (κ2) is 4.94. The fraction of sp³-hybridized carbons (Fsp3) is 0.231. The zero-order chi connectivity index (χ0) is 13.3.